The molecule has 0 aliphatic carbocycles. The van der Waals surface area contributed by atoms with Gasteiger partial charge in [-0.05, 0) is 12.5 Å². The average molecular weight is 253 g/mol. The van der Waals surface area contributed by atoms with Crippen molar-refractivity contribution >= 4 is 17.7 Å². The van der Waals surface area contributed by atoms with Gasteiger partial charge in [0.15, 0.2) is 0 Å². The lowest BCUT2D eigenvalue weighted by Crippen LogP contribution is -2.25. The first-order chi connectivity index (χ1) is 8.34. The van der Waals surface area contributed by atoms with Gasteiger partial charge in [0.2, 0.25) is 5.78 Å². The molecule has 0 saturated carbocycles. The Labute approximate surface area is 104 Å². The normalized spacial score (nSPS) is 10.8. The average Bonchev–Trinajstić information content (AvgIpc) is 2.30. The number of carboxylic acid groups (broad SMARTS) is 2. The molecule has 0 amide bonds. The topological polar surface area (TPSA) is 118 Å². The molecule has 1 atom stereocenters. The van der Waals surface area contributed by atoms with Gasteiger partial charge >= 0.3 is 11.9 Å². The van der Waals surface area contributed by atoms with E-state index in [2.05, 4.69) is 0 Å². The summed E-state index contributed by atoms with van der Waals surface area (Å²) in [6, 6.07) is 8.07. The molecule has 0 bridgehead atoms. The number of carboxylic acids is 2. The summed E-state index contributed by atoms with van der Waals surface area (Å²) in [5, 5.41) is 16.2. The number of hydrogen-bond acceptors (Lipinski definition) is 4. The van der Waals surface area contributed by atoms with Crippen LogP contribution < -0.4 is 5.73 Å². The number of aliphatic carboxylic acids is 2. The molecule has 0 fully saturated rings. The summed E-state index contributed by atoms with van der Waals surface area (Å²) in [5.74, 6) is -3.12. The lowest BCUT2D eigenvalue weighted by molar-refractivity contribution is -0.148. The Balaban J connectivity index is 0.000000411. The van der Waals surface area contributed by atoms with Gasteiger partial charge in [-0.25, -0.2) is 4.79 Å². The summed E-state index contributed by atoms with van der Waals surface area (Å²) in [6.45, 7) is 1.42. The molecule has 98 valence electrons. The molecule has 4 N–H and O–H groups in total. The van der Waals surface area contributed by atoms with Gasteiger partial charge in [-0.3, -0.25) is 9.59 Å². The second-order valence-corrected chi connectivity index (χ2v) is 3.52. The molecule has 6 heteroatoms. The van der Waals surface area contributed by atoms with Crippen molar-refractivity contribution < 1.29 is 24.6 Å². The van der Waals surface area contributed by atoms with Crippen LogP contribution in [0, 0.1) is 0 Å². The molecule has 0 saturated heterocycles. The maximum Gasteiger partial charge on any atom is 0.372 e. The zero-order valence-electron chi connectivity index (χ0n) is 9.87. The highest BCUT2D eigenvalue weighted by Gasteiger charge is 2.10. The molecule has 1 rings (SSSR count). The third-order valence-corrected chi connectivity index (χ3v) is 1.84. The summed E-state index contributed by atoms with van der Waals surface area (Å²) < 4.78 is 0. The van der Waals surface area contributed by atoms with Crippen molar-refractivity contribution in [2.45, 2.75) is 19.4 Å². The zero-order chi connectivity index (χ0) is 14.1. The SMILES string of the molecule is CC(N)C(=O)O.O=C(O)C(=O)Cc1ccccc1. The number of rotatable bonds is 4. The molecule has 1 aromatic carbocycles. The Bertz CT molecular complexity index is 414. The van der Waals surface area contributed by atoms with E-state index in [4.69, 9.17) is 15.9 Å². The van der Waals surface area contributed by atoms with Crippen molar-refractivity contribution in [3.63, 3.8) is 0 Å². The maximum atomic E-state index is 10.7. The first kappa shape index (κ1) is 15.8. The van der Waals surface area contributed by atoms with E-state index in [1.54, 1.807) is 24.3 Å². The Morgan fingerprint density at radius 3 is 1.94 bits per heavy atom. The molecule has 1 aromatic rings. The van der Waals surface area contributed by atoms with E-state index in [9.17, 15) is 14.4 Å². The third-order valence-electron chi connectivity index (χ3n) is 1.84. The van der Waals surface area contributed by atoms with Gasteiger partial charge in [0.1, 0.15) is 6.04 Å². The number of carbonyl (C=O) groups excluding carboxylic acids is 1. The van der Waals surface area contributed by atoms with E-state index in [0.29, 0.717) is 0 Å². The molecule has 0 aliphatic rings. The van der Waals surface area contributed by atoms with Gasteiger partial charge in [0.05, 0.1) is 0 Å². The lowest BCUT2D eigenvalue weighted by Gasteiger charge is -1.94. The molecule has 6 nitrogen and oxygen atoms in total. The monoisotopic (exact) mass is 253 g/mol. The van der Waals surface area contributed by atoms with Gasteiger partial charge < -0.3 is 15.9 Å². The van der Waals surface area contributed by atoms with E-state index in [0.717, 1.165) is 5.56 Å². The second kappa shape index (κ2) is 7.97. The second-order valence-electron chi connectivity index (χ2n) is 3.52. The van der Waals surface area contributed by atoms with Crippen LogP contribution in [0.3, 0.4) is 0 Å². The highest BCUT2D eigenvalue weighted by molar-refractivity contribution is 6.33. The highest BCUT2D eigenvalue weighted by atomic mass is 16.4. The van der Waals surface area contributed by atoms with Crippen LogP contribution in [0.15, 0.2) is 30.3 Å². The summed E-state index contributed by atoms with van der Waals surface area (Å²) >= 11 is 0. The van der Waals surface area contributed by atoms with E-state index >= 15 is 0 Å². The largest absolute Gasteiger partial charge is 0.480 e. The van der Waals surface area contributed by atoms with E-state index < -0.39 is 23.8 Å². The smallest absolute Gasteiger partial charge is 0.372 e. The molecule has 0 aliphatic heterocycles. The minimum Gasteiger partial charge on any atom is -0.480 e. The Morgan fingerprint density at radius 2 is 1.61 bits per heavy atom. The Morgan fingerprint density at radius 1 is 1.17 bits per heavy atom. The van der Waals surface area contributed by atoms with Crippen molar-refractivity contribution in [2.24, 2.45) is 5.73 Å². The first-order valence-electron chi connectivity index (χ1n) is 5.13. The van der Waals surface area contributed by atoms with Crippen molar-refractivity contribution in [1.82, 2.24) is 0 Å². The molecule has 0 heterocycles. The highest BCUT2D eigenvalue weighted by Crippen LogP contribution is 1.99. The maximum absolute atomic E-state index is 10.7. The van der Waals surface area contributed by atoms with Gasteiger partial charge in [-0.2, -0.15) is 0 Å². The van der Waals surface area contributed by atoms with E-state index in [1.165, 1.54) is 6.92 Å². The van der Waals surface area contributed by atoms with E-state index in [-0.39, 0.29) is 6.42 Å². The summed E-state index contributed by atoms with van der Waals surface area (Å²) in [7, 11) is 0. The molecular formula is C12H15NO5. The Hall–Kier alpha value is -2.21. The third kappa shape index (κ3) is 7.13. The lowest BCUT2D eigenvalue weighted by atomic mass is 10.1. The fourth-order valence-corrected chi connectivity index (χ4v) is 0.857. The minimum atomic E-state index is -1.38. The molecule has 18 heavy (non-hydrogen) atoms. The Kier molecular flexibility index (Phi) is 6.99. The summed E-state index contributed by atoms with van der Waals surface area (Å²) in [5.41, 5.74) is 5.56. The van der Waals surface area contributed by atoms with Gasteiger partial charge in [-0.15, -0.1) is 0 Å². The van der Waals surface area contributed by atoms with Crippen molar-refractivity contribution in [1.29, 1.82) is 0 Å². The molecule has 0 radical (unpaired) electrons. The number of nitrogens with two attached hydrogens (primary N) is 1. The quantitative estimate of drug-likeness (QED) is 0.664. The van der Waals surface area contributed by atoms with Gasteiger partial charge in [-0.1, -0.05) is 30.3 Å². The van der Waals surface area contributed by atoms with E-state index in [1.807, 2.05) is 6.07 Å². The van der Waals surface area contributed by atoms with Crippen LogP contribution in [0.2, 0.25) is 0 Å². The molecule has 0 aromatic heterocycles. The van der Waals surface area contributed by atoms with Gasteiger partial charge in [0.25, 0.3) is 0 Å². The van der Waals surface area contributed by atoms with Crippen molar-refractivity contribution in [2.75, 3.05) is 0 Å². The number of benzene rings is 1. The molecular weight excluding hydrogens is 238 g/mol. The predicted molar refractivity (Wildman–Crippen MR) is 64.1 cm³/mol. The fraction of sp³-hybridized carbons (Fsp3) is 0.250. The summed E-state index contributed by atoms with van der Waals surface area (Å²) in [6.07, 6.45) is -0.0316. The van der Waals surface area contributed by atoms with Gasteiger partial charge in [0, 0.05) is 6.42 Å². The molecule has 0 spiro atoms. The van der Waals surface area contributed by atoms with Crippen LogP contribution in [0.4, 0.5) is 0 Å². The number of hydrogen-bond donors (Lipinski definition) is 3. The van der Waals surface area contributed by atoms with Crippen LogP contribution >= 0.6 is 0 Å². The number of Topliss-reactive ketones (excluding diaryl/α,β-unsaturated/α-hetero) is 1. The minimum absolute atomic E-state index is 0.0316. The van der Waals surface area contributed by atoms with Crippen LogP contribution in [-0.4, -0.2) is 34.0 Å². The summed E-state index contributed by atoms with van der Waals surface area (Å²) in [4.78, 5) is 30.4. The van der Waals surface area contributed by atoms with Crippen LogP contribution in [0.25, 0.3) is 0 Å². The zero-order valence-corrected chi connectivity index (χ0v) is 9.87. The van der Waals surface area contributed by atoms with Crippen molar-refractivity contribution in [3.8, 4) is 0 Å². The fourth-order valence-electron chi connectivity index (χ4n) is 0.857. The number of carbonyl (C=O) groups is 3. The van der Waals surface area contributed by atoms with Crippen molar-refractivity contribution in [3.05, 3.63) is 35.9 Å². The predicted octanol–water partition coefficient (Wildman–Crippen LogP) is 0.301. The van der Waals surface area contributed by atoms with Crippen LogP contribution in [-0.2, 0) is 20.8 Å². The van der Waals surface area contributed by atoms with Crippen LogP contribution in [0.1, 0.15) is 12.5 Å². The number of ketones is 1. The first-order valence-corrected chi connectivity index (χ1v) is 5.13. The standard InChI is InChI=1S/C9H8O3.C3H7NO2/c10-8(9(11)12)6-7-4-2-1-3-5-7;1-2(4)3(5)6/h1-5H,6H2,(H,11,12);2H,4H2,1H3,(H,5,6). The molecule has 1 unspecified atom stereocenters. The van der Waals surface area contributed by atoms with Crippen LogP contribution in [0.5, 0.6) is 0 Å².